The highest BCUT2D eigenvalue weighted by Crippen LogP contribution is 2.25. The van der Waals surface area contributed by atoms with Crippen LogP contribution in [-0.4, -0.2) is 11.6 Å². The van der Waals surface area contributed by atoms with Crippen LogP contribution in [0.15, 0.2) is 60.7 Å². The number of nitriles is 2. The fourth-order valence-electron chi connectivity index (χ4n) is 2.81. The summed E-state index contributed by atoms with van der Waals surface area (Å²) in [5.41, 5.74) is 1.04. The van der Waals surface area contributed by atoms with Crippen LogP contribution in [0.1, 0.15) is 40.0 Å². The zero-order valence-electron chi connectivity index (χ0n) is 13.8. The molecule has 124 valence electrons. The van der Waals surface area contributed by atoms with Gasteiger partial charge in [0.2, 0.25) is 0 Å². The van der Waals surface area contributed by atoms with Crippen molar-refractivity contribution in [3.8, 4) is 12.1 Å². The van der Waals surface area contributed by atoms with E-state index in [9.17, 15) is 9.59 Å². The van der Waals surface area contributed by atoms with E-state index in [-0.39, 0.29) is 30.8 Å². The van der Waals surface area contributed by atoms with Crippen molar-refractivity contribution < 1.29 is 9.59 Å². The SMILES string of the molecule is N#CCC(CC(CC#N)C(=O)c1ccccc1)C(=O)c1ccccc1. The lowest BCUT2D eigenvalue weighted by atomic mass is 9.82. The van der Waals surface area contributed by atoms with Crippen molar-refractivity contribution in [3.05, 3.63) is 71.8 Å². The second-order valence-corrected chi connectivity index (χ2v) is 5.81. The maximum Gasteiger partial charge on any atom is 0.166 e. The summed E-state index contributed by atoms with van der Waals surface area (Å²) in [6, 6.07) is 21.5. The zero-order valence-corrected chi connectivity index (χ0v) is 13.8. The van der Waals surface area contributed by atoms with Gasteiger partial charge in [-0.1, -0.05) is 60.7 Å². The van der Waals surface area contributed by atoms with Crippen molar-refractivity contribution >= 4 is 11.6 Å². The predicted octanol–water partition coefficient (Wildman–Crippen LogP) is 4.20. The number of carbonyl (C=O) groups excluding carboxylic acids is 2. The van der Waals surface area contributed by atoms with Crippen LogP contribution in [0.5, 0.6) is 0 Å². The monoisotopic (exact) mass is 330 g/mol. The van der Waals surface area contributed by atoms with E-state index in [1.807, 2.05) is 24.3 Å². The standard InChI is InChI=1S/C21H18N2O2/c22-13-11-18(20(24)16-7-3-1-4-8-16)15-19(12-14-23)21(25)17-9-5-2-6-10-17/h1-10,18-19H,11-12,15H2. The summed E-state index contributed by atoms with van der Waals surface area (Å²) < 4.78 is 0. The lowest BCUT2D eigenvalue weighted by Crippen LogP contribution is -2.23. The Kier molecular flexibility index (Phi) is 6.63. The molecule has 0 spiro atoms. The van der Waals surface area contributed by atoms with Crippen molar-refractivity contribution in [2.24, 2.45) is 11.8 Å². The minimum Gasteiger partial charge on any atom is -0.294 e. The van der Waals surface area contributed by atoms with Gasteiger partial charge in [0, 0.05) is 35.8 Å². The smallest absolute Gasteiger partial charge is 0.166 e. The van der Waals surface area contributed by atoms with Gasteiger partial charge in [0.25, 0.3) is 0 Å². The molecule has 0 heterocycles. The Hall–Kier alpha value is -3.24. The highest BCUT2D eigenvalue weighted by Gasteiger charge is 2.28. The quantitative estimate of drug-likeness (QED) is 0.679. The van der Waals surface area contributed by atoms with E-state index < -0.39 is 11.8 Å². The Balaban J connectivity index is 2.22. The number of nitrogens with zero attached hydrogens (tertiary/aromatic N) is 2. The molecule has 0 fully saturated rings. The van der Waals surface area contributed by atoms with Crippen molar-refractivity contribution in [3.63, 3.8) is 0 Å². The molecule has 0 saturated heterocycles. The maximum absolute atomic E-state index is 12.7. The van der Waals surface area contributed by atoms with Crippen LogP contribution in [0.4, 0.5) is 0 Å². The topological polar surface area (TPSA) is 81.7 Å². The van der Waals surface area contributed by atoms with E-state index in [1.54, 1.807) is 48.5 Å². The van der Waals surface area contributed by atoms with Gasteiger partial charge < -0.3 is 0 Å². The second kappa shape index (κ2) is 9.15. The molecule has 0 amide bonds. The van der Waals surface area contributed by atoms with Gasteiger partial charge in [-0.2, -0.15) is 10.5 Å². The van der Waals surface area contributed by atoms with Crippen LogP contribution in [0.2, 0.25) is 0 Å². The van der Waals surface area contributed by atoms with E-state index >= 15 is 0 Å². The van der Waals surface area contributed by atoms with Crippen LogP contribution in [0.25, 0.3) is 0 Å². The lowest BCUT2D eigenvalue weighted by molar-refractivity contribution is 0.0851. The van der Waals surface area contributed by atoms with Crippen LogP contribution >= 0.6 is 0 Å². The first-order chi connectivity index (χ1) is 12.2. The third-order valence-electron chi connectivity index (χ3n) is 4.10. The third kappa shape index (κ3) is 4.86. The molecule has 2 atom stereocenters. The van der Waals surface area contributed by atoms with Gasteiger partial charge >= 0.3 is 0 Å². The van der Waals surface area contributed by atoms with Gasteiger partial charge in [-0.05, 0) is 6.42 Å². The van der Waals surface area contributed by atoms with Gasteiger partial charge in [-0.25, -0.2) is 0 Å². The number of carbonyl (C=O) groups is 2. The number of benzene rings is 2. The van der Waals surface area contributed by atoms with Gasteiger partial charge in [0.15, 0.2) is 11.6 Å². The lowest BCUT2D eigenvalue weighted by Gasteiger charge is -2.19. The Bertz CT molecular complexity index is 732. The Labute approximate surface area is 147 Å². The molecule has 2 unspecified atom stereocenters. The van der Waals surface area contributed by atoms with E-state index in [0.29, 0.717) is 11.1 Å². The normalized spacial score (nSPS) is 12.4. The van der Waals surface area contributed by atoms with Gasteiger partial charge in [0.1, 0.15) is 0 Å². The van der Waals surface area contributed by atoms with Gasteiger partial charge in [-0.3, -0.25) is 9.59 Å². The maximum atomic E-state index is 12.7. The average molecular weight is 330 g/mol. The highest BCUT2D eigenvalue weighted by atomic mass is 16.1. The van der Waals surface area contributed by atoms with Crippen molar-refractivity contribution in [1.29, 1.82) is 10.5 Å². The summed E-state index contributed by atoms with van der Waals surface area (Å²) in [5, 5.41) is 18.2. The Morgan fingerprint density at radius 1 is 0.720 bits per heavy atom. The van der Waals surface area contributed by atoms with Crippen LogP contribution in [-0.2, 0) is 0 Å². The number of ketones is 2. The van der Waals surface area contributed by atoms with Crippen LogP contribution in [0, 0.1) is 34.5 Å². The summed E-state index contributed by atoms with van der Waals surface area (Å²) in [6.45, 7) is 0. The molecule has 0 saturated carbocycles. The molecule has 0 bridgehead atoms. The van der Waals surface area contributed by atoms with Crippen LogP contribution < -0.4 is 0 Å². The fourth-order valence-corrected chi connectivity index (χ4v) is 2.81. The minimum atomic E-state index is -0.599. The molecular formula is C21H18N2O2. The Morgan fingerprint density at radius 2 is 1.08 bits per heavy atom. The first-order valence-corrected chi connectivity index (χ1v) is 8.09. The summed E-state index contributed by atoms with van der Waals surface area (Å²) in [6.07, 6.45) is 0.248. The van der Waals surface area contributed by atoms with Gasteiger partial charge in [-0.15, -0.1) is 0 Å². The first kappa shape index (κ1) is 18.1. The second-order valence-electron chi connectivity index (χ2n) is 5.81. The van der Waals surface area contributed by atoms with Crippen molar-refractivity contribution in [1.82, 2.24) is 0 Å². The summed E-state index contributed by atoms with van der Waals surface area (Å²) in [4.78, 5) is 25.4. The minimum absolute atomic E-state index is 0.0255. The molecule has 2 aromatic rings. The molecule has 0 N–H and O–H groups in total. The van der Waals surface area contributed by atoms with E-state index in [0.717, 1.165) is 0 Å². The molecule has 25 heavy (non-hydrogen) atoms. The molecular weight excluding hydrogens is 312 g/mol. The molecule has 2 rings (SSSR count). The molecule has 0 aromatic heterocycles. The number of rotatable bonds is 8. The summed E-state index contributed by atoms with van der Waals surface area (Å²) >= 11 is 0. The third-order valence-corrected chi connectivity index (χ3v) is 4.10. The van der Waals surface area contributed by atoms with E-state index in [4.69, 9.17) is 10.5 Å². The summed E-state index contributed by atoms with van der Waals surface area (Å²) in [5.74, 6) is -1.52. The predicted molar refractivity (Wildman–Crippen MR) is 93.6 cm³/mol. The largest absolute Gasteiger partial charge is 0.294 e. The zero-order chi connectivity index (χ0) is 18.1. The molecule has 4 nitrogen and oxygen atoms in total. The number of hydrogen-bond acceptors (Lipinski definition) is 4. The number of Topliss-reactive ketones (excluding diaryl/α,β-unsaturated/α-hetero) is 2. The number of hydrogen-bond donors (Lipinski definition) is 0. The first-order valence-electron chi connectivity index (χ1n) is 8.09. The molecule has 0 aliphatic carbocycles. The Morgan fingerprint density at radius 3 is 1.40 bits per heavy atom. The molecule has 0 aliphatic rings. The molecule has 4 heteroatoms. The molecule has 0 aliphatic heterocycles. The van der Waals surface area contributed by atoms with Crippen LogP contribution in [0.3, 0.4) is 0 Å². The van der Waals surface area contributed by atoms with E-state index in [1.165, 1.54) is 0 Å². The van der Waals surface area contributed by atoms with Crippen molar-refractivity contribution in [2.45, 2.75) is 19.3 Å². The molecule has 2 aromatic carbocycles. The average Bonchev–Trinajstić information content (AvgIpc) is 2.67. The highest BCUT2D eigenvalue weighted by molar-refractivity contribution is 6.00. The van der Waals surface area contributed by atoms with Crippen molar-refractivity contribution in [2.75, 3.05) is 0 Å². The summed E-state index contributed by atoms with van der Waals surface area (Å²) in [7, 11) is 0. The fraction of sp³-hybridized carbons (Fsp3) is 0.238. The van der Waals surface area contributed by atoms with E-state index in [2.05, 4.69) is 0 Å². The molecule has 0 radical (unpaired) electrons. The van der Waals surface area contributed by atoms with Gasteiger partial charge in [0.05, 0.1) is 12.1 Å².